The van der Waals surface area contributed by atoms with Gasteiger partial charge in [-0.3, -0.25) is 14.5 Å². The Morgan fingerprint density at radius 3 is 2.28 bits per heavy atom. The van der Waals surface area contributed by atoms with Crippen molar-refractivity contribution in [3.8, 4) is 5.75 Å². The van der Waals surface area contributed by atoms with Crippen LogP contribution in [0, 0.1) is 0 Å². The third-order valence-electron chi connectivity index (χ3n) is 6.50. The fraction of sp³-hybridized carbons (Fsp3) is 0.0323. The van der Waals surface area contributed by atoms with Crippen molar-refractivity contribution in [3.63, 3.8) is 0 Å². The maximum Gasteiger partial charge on any atom is 0.339 e. The predicted molar refractivity (Wildman–Crippen MR) is 154 cm³/mol. The van der Waals surface area contributed by atoms with E-state index in [1.807, 2.05) is 66.7 Å². The first-order valence-corrected chi connectivity index (χ1v) is 14.4. The molecule has 1 aliphatic heterocycles. The second kappa shape index (κ2) is 10.1. The zero-order valence-corrected chi connectivity index (χ0v) is 22.1. The average molecular weight is 552 g/mol. The summed E-state index contributed by atoms with van der Waals surface area (Å²) in [6.45, 7) is 0.137. The highest BCUT2D eigenvalue weighted by atomic mass is 32.2. The summed E-state index contributed by atoms with van der Waals surface area (Å²) >= 11 is 0.819. The predicted octanol–water partition coefficient (Wildman–Crippen LogP) is 7.00. The van der Waals surface area contributed by atoms with Gasteiger partial charge in [-0.2, -0.15) is 8.42 Å². The van der Waals surface area contributed by atoms with E-state index in [0.717, 1.165) is 38.9 Å². The molecule has 1 heterocycles. The Morgan fingerprint density at radius 2 is 1.44 bits per heavy atom. The Balaban J connectivity index is 1.28. The fourth-order valence-corrected chi connectivity index (χ4v) is 6.36. The highest BCUT2D eigenvalue weighted by Gasteiger charge is 2.35. The van der Waals surface area contributed by atoms with Crippen LogP contribution in [-0.4, -0.2) is 24.5 Å². The number of amides is 2. The van der Waals surface area contributed by atoms with Crippen LogP contribution >= 0.6 is 11.8 Å². The molecular formula is C31H21NO5S2. The Kier molecular flexibility index (Phi) is 6.42. The van der Waals surface area contributed by atoms with Gasteiger partial charge >= 0.3 is 10.1 Å². The van der Waals surface area contributed by atoms with Crippen molar-refractivity contribution < 1.29 is 22.2 Å². The van der Waals surface area contributed by atoms with E-state index >= 15 is 0 Å². The summed E-state index contributed by atoms with van der Waals surface area (Å²) in [6, 6.07) is 32.3. The fourth-order valence-electron chi connectivity index (χ4n) is 4.54. The number of carbonyl (C=O) groups excluding carboxylic acids is 2. The van der Waals surface area contributed by atoms with Gasteiger partial charge in [-0.05, 0) is 63.1 Å². The molecule has 0 saturated carbocycles. The number of hydrogen-bond donors (Lipinski definition) is 0. The van der Waals surface area contributed by atoms with Crippen LogP contribution in [-0.2, 0) is 21.5 Å². The monoisotopic (exact) mass is 551 g/mol. The number of rotatable bonds is 6. The molecule has 8 heteroatoms. The number of fused-ring (bicyclic) bond motifs is 2. The van der Waals surface area contributed by atoms with Crippen molar-refractivity contribution in [2.45, 2.75) is 11.4 Å². The molecule has 2 amide bonds. The second-order valence-corrected chi connectivity index (χ2v) is 11.5. The normalized spacial score (nSPS) is 15.0. The molecular weight excluding hydrogens is 530 g/mol. The van der Waals surface area contributed by atoms with Gasteiger partial charge in [0, 0.05) is 5.56 Å². The lowest BCUT2D eigenvalue weighted by molar-refractivity contribution is -0.123. The van der Waals surface area contributed by atoms with Crippen LogP contribution in [0.15, 0.2) is 119 Å². The summed E-state index contributed by atoms with van der Waals surface area (Å²) in [6.07, 6.45) is 1.50. The van der Waals surface area contributed by atoms with Crippen molar-refractivity contribution in [1.29, 1.82) is 0 Å². The first-order chi connectivity index (χ1) is 18.9. The zero-order valence-electron chi connectivity index (χ0n) is 20.5. The highest BCUT2D eigenvalue weighted by molar-refractivity contribution is 8.18. The van der Waals surface area contributed by atoms with Crippen molar-refractivity contribution >= 4 is 60.6 Å². The molecule has 1 fully saturated rings. The summed E-state index contributed by atoms with van der Waals surface area (Å²) in [7, 11) is -4.16. The van der Waals surface area contributed by atoms with E-state index in [9.17, 15) is 18.0 Å². The van der Waals surface area contributed by atoms with Gasteiger partial charge in [0.2, 0.25) is 0 Å². The van der Waals surface area contributed by atoms with Crippen molar-refractivity contribution in [1.82, 2.24) is 4.90 Å². The van der Waals surface area contributed by atoms with E-state index in [0.29, 0.717) is 5.56 Å². The summed E-state index contributed by atoms with van der Waals surface area (Å²) < 4.78 is 31.8. The summed E-state index contributed by atoms with van der Waals surface area (Å²) in [5, 5.41) is 3.30. The van der Waals surface area contributed by atoms with Crippen LogP contribution in [0.4, 0.5) is 4.79 Å². The lowest BCUT2D eigenvalue weighted by atomic mass is 10.0. The molecule has 1 saturated heterocycles. The van der Waals surface area contributed by atoms with Gasteiger partial charge in [-0.15, -0.1) is 0 Å². The largest absolute Gasteiger partial charge is 0.378 e. The number of nitrogens with zero attached hydrogens (tertiary/aromatic N) is 1. The number of para-hydroxylation sites is 1. The van der Waals surface area contributed by atoms with Crippen LogP contribution < -0.4 is 4.18 Å². The van der Waals surface area contributed by atoms with Gasteiger partial charge in [0.15, 0.2) is 0 Å². The Hall–Kier alpha value is -4.40. The standard InChI is InChI=1S/C31H21NO5S2/c33-30-29(38-31(34)32(30)20-25-13-7-12-22-9-3-5-14-27(22)25)19-24-11-4-6-15-28(24)37-39(35,36)26-17-16-21-8-1-2-10-23(21)18-26/h1-19H,20H2/b29-19-. The maximum absolute atomic E-state index is 13.3. The van der Waals surface area contributed by atoms with Gasteiger partial charge in [0.25, 0.3) is 11.1 Å². The zero-order chi connectivity index (χ0) is 27.0. The molecule has 0 N–H and O–H groups in total. The maximum atomic E-state index is 13.3. The molecule has 0 bridgehead atoms. The van der Waals surface area contributed by atoms with E-state index in [1.165, 1.54) is 23.1 Å². The number of imide groups is 1. The molecule has 192 valence electrons. The molecule has 6 nitrogen and oxygen atoms in total. The first kappa shape index (κ1) is 24.9. The molecule has 1 aliphatic rings. The highest BCUT2D eigenvalue weighted by Crippen LogP contribution is 2.36. The average Bonchev–Trinajstić information content (AvgIpc) is 3.21. The van der Waals surface area contributed by atoms with Crippen molar-refractivity contribution in [2.24, 2.45) is 0 Å². The molecule has 0 aromatic heterocycles. The van der Waals surface area contributed by atoms with Crippen LogP contribution in [0.5, 0.6) is 5.75 Å². The van der Waals surface area contributed by atoms with Crippen LogP contribution in [0.3, 0.4) is 0 Å². The summed E-state index contributed by atoms with van der Waals surface area (Å²) in [5.41, 5.74) is 1.24. The lowest BCUT2D eigenvalue weighted by Gasteiger charge is -2.14. The SMILES string of the molecule is O=C1S/C(=C\c2ccccc2OS(=O)(=O)c2ccc3ccccc3c2)C(=O)N1Cc1cccc2ccccc12. The van der Waals surface area contributed by atoms with E-state index in [4.69, 9.17) is 4.18 Å². The van der Waals surface area contributed by atoms with Crippen LogP contribution in [0.1, 0.15) is 11.1 Å². The van der Waals surface area contributed by atoms with Gasteiger partial charge < -0.3 is 4.18 Å². The molecule has 0 spiro atoms. The van der Waals surface area contributed by atoms with Crippen LogP contribution in [0.2, 0.25) is 0 Å². The summed E-state index contributed by atoms with van der Waals surface area (Å²) in [4.78, 5) is 27.5. The summed E-state index contributed by atoms with van der Waals surface area (Å²) in [5.74, 6) is -0.378. The molecule has 6 rings (SSSR count). The smallest absolute Gasteiger partial charge is 0.339 e. The van der Waals surface area contributed by atoms with E-state index < -0.39 is 16.0 Å². The quantitative estimate of drug-likeness (QED) is 0.167. The van der Waals surface area contributed by atoms with Gasteiger partial charge in [0.05, 0.1) is 11.4 Å². The van der Waals surface area contributed by atoms with E-state index in [-0.39, 0.29) is 27.3 Å². The minimum Gasteiger partial charge on any atom is -0.378 e. The number of benzene rings is 5. The molecule has 39 heavy (non-hydrogen) atoms. The molecule has 5 aromatic rings. The topological polar surface area (TPSA) is 80.8 Å². The third-order valence-corrected chi connectivity index (χ3v) is 8.63. The lowest BCUT2D eigenvalue weighted by Crippen LogP contribution is -2.27. The molecule has 0 radical (unpaired) electrons. The molecule has 5 aromatic carbocycles. The van der Waals surface area contributed by atoms with Gasteiger partial charge in [0.1, 0.15) is 10.6 Å². The number of thioether (sulfide) groups is 1. The van der Waals surface area contributed by atoms with E-state index in [1.54, 1.807) is 30.3 Å². The minimum atomic E-state index is -4.16. The van der Waals surface area contributed by atoms with Crippen LogP contribution in [0.25, 0.3) is 27.6 Å². The van der Waals surface area contributed by atoms with Crippen molar-refractivity contribution in [3.05, 3.63) is 125 Å². The Morgan fingerprint density at radius 1 is 0.744 bits per heavy atom. The second-order valence-electron chi connectivity index (χ2n) is 8.99. The van der Waals surface area contributed by atoms with Gasteiger partial charge in [-0.25, -0.2) is 0 Å². The van der Waals surface area contributed by atoms with E-state index in [2.05, 4.69) is 0 Å². The first-order valence-electron chi connectivity index (χ1n) is 12.1. The number of carbonyl (C=O) groups is 2. The molecule has 0 aliphatic carbocycles. The Bertz CT molecular complexity index is 1910. The van der Waals surface area contributed by atoms with Crippen molar-refractivity contribution in [2.75, 3.05) is 0 Å². The van der Waals surface area contributed by atoms with Gasteiger partial charge in [-0.1, -0.05) is 91.0 Å². The minimum absolute atomic E-state index is 0.0198. The Labute approximate surface area is 229 Å². The number of hydrogen-bond acceptors (Lipinski definition) is 6. The third kappa shape index (κ3) is 4.92. The molecule has 0 unspecified atom stereocenters. The molecule has 0 atom stereocenters.